The molecule has 0 aliphatic rings. The first-order valence-corrected chi connectivity index (χ1v) is 10.5. The van der Waals surface area contributed by atoms with E-state index in [-0.39, 0.29) is 65.6 Å². The second kappa shape index (κ2) is 17.0. The average molecular weight is 470 g/mol. The van der Waals surface area contributed by atoms with E-state index in [4.69, 9.17) is 34.3 Å². The first-order chi connectivity index (χ1) is 15.1. The Balaban J connectivity index is 4.69. The summed E-state index contributed by atoms with van der Waals surface area (Å²) in [5.41, 5.74) is -0.762. The maximum Gasteiger partial charge on any atom is 0.410 e. The molecule has 1 amide bonds. The SMILES string of the molecule is CC(C)(C)OC(=O)N(CCC(=O)OCC(CO)COCO)CCC(O)OCC(CO)CO. The minimum absolute atomic E-state index is 0.0168. The van der Waals surface area contributed by atoms with E-state index >= 15 is 0 Å². The van der Waals surface area contributed by atoms with E-state index in [1.165, 1.54) is 4.90 Å². The maximum atomic E-state index is 12.5. The monoisotopic (exact) mass is 469 g/mol. The number of nitrogens with zero attached hydrogens (tertiary/aromatic N) is 1. The Kier molecular flexibility index (Phi) is 16.2. The van der Waals surface area contributed by atoms with Crippen LogP contribution in [0.15, 0.2) is 0 Å². The second-order valence-electron chi connectivity index (χ2n) is 8.26. The number of ether oxygens (including phenoxy) is 4. The molecule has 0 saturated carbocycles. The van der Waals surface area contributed by atoms with Gasteiger partial charge in [0.15, 0.2) is 6.29 Å². The zero-order valence-electron chi connectivity index (χ0n) is 19.1. The fourth-order valence-electron chi connectivity index (χ4n) is 2.26. The minimum Gasteiger partial charge on any atom is -0.465 e. The van der Waals surface area contributed by atoms with Crippen LogP contribution >= 0.6 is 0 Å². The van der Waals surface area contributed by atoms with Crippen molar-refractivity contribution in [3.63, 3.8) is 0 Å². The molecule has 0 aliphatic heterocycles. The predicted molar refractivity (Wildman–Crippen MR) is 111 cm³/mol. The lowest BCUT2D eigenvalue weighted by Gasteiger charge is -2.28. The van der Waals surface area contributed by atoms with Crippen molar-refractivity contribution >= 4 is 12.1 Å². The van der Waals surface area contributed by atoms with Crippen molar-refractivity contribution < 1.29 is 54.1 Å². The lowest BCUT2D eigenvalue weighted by Crippen LogP contribution is -2.40. The minimum atomic E-state index is -1.25. The molecule has 12 heteroatoms. The van der Waals surface area contributed by atoms with E-state index in [2.05, 4.69) is 0 Å². The zero-order valence-corrected chi connectivity index (χ0v) is 19.1. The van der Waals surface area contributed by atoms with Crippen molar-refractivity contribution in [1.29, 1.82) is 0 Å². The van der Waals surface area contributed by atoms with Gasteiger partial charge in [-0.3, -0.25) is 4.79 Å². The van der Waals surface area contributed by atoms with Gasteiger partial charge in [-0.15, -0.1) is 0 Å². The number of amides is 1. The molecule has 2 atom stereocenters. The van der Waals surface area contributed by atoms with Crippen molar-refractivity contribution in [2.24, 2.45) is 11.8 Å². The Morgan fingerprint density at radius 2 is 1.53 bits per heavy atom. The van der Waals surface area contributed by atoms with E-state index < -0.39 is 42.6 Å². The summed E-state index contributed by atoms with van der Waals surface area (Å²) in [6, 6.07) is 0. The molecule has 0 radical (unpaired) electrons. The summed E-state index contributed by atoms with van der Waals surface area (Å²) < 4.78 is 20.3. The second-order valence-corrected chi connectivity index (χ2v) is 8.26. The average Bonchev–Trinajstić information content (AvgIpc) is 2.73. The molecule has 12 nitrogen and oxygen atoms in total. The third kappa shape index (κ3) is 15.3. The number of carbonyl (C=O) groups excluding carboxylic acids is 2. The van der Waals surface area contributed by atoms with Gasteiger partial charge in [0.05, 0.1) is 46.1 Å². The van der Waals surface area contributed by atoms with Crippen LogP contribution in [0.3, 0.4) is 0 Å². The summed E-state index contributed by atoms with van der Waals surface area (Å²) in [5.74, 6) is -1.61. The highest BCUT2D eigenvalue weighted by molar-refractivity contribution is 5.72. The van der Waals surface area contributed by atoms with E-state index in [0.717, 1.165) is 0 Å². The van der Waals surface area contributed by atoms with Gasteiger partial charge < -0.3 is 49.4 Å². The van der Waals surface area contributed by atoms with Gasteiger partial charge in [-0.2, -0.15) is 0 Å². The number of rotatable bonds is 17. The zero-order chi connectivity index (χ0) is 24.6. The number of carbonyl (C=O) groups is 2. The standard InChI is InChI=1S/C20H39NO11/c1-20(2,3)32-19(28)21(6-4-17(26)30-12-15(8-22)9-23)7-5-18(27)31-13-16(10-24)11-29-14-25/h15-17,22-26H,4-14H2,1-3H3. The highest BCUT2D eigenvalue weighted by Gasteiger charge is 2.24. The molecule has 0 rings (SSSR count). The molecule has 0 spiro atoms. The summed E-state index contributed by atoms with van der Waals surface area (Å²) in [4.78, 5) is 25.7. The third-order valence-corrected chi connectivity index (χ3v) is 4.11. The number of aliphatic hydroxyl groups is 5. The smallest absolute Gasteiger partial charge is 0.410 e. The molecule has 0 heterocycles. The van der Waals surface area contributed by atoms with Crippen LogP contribution in [0.2, 0.25) is 0 Å². The molecule has 0 saturated heterocycles. The van der Waals surface area contributed by atoms with Crippen molar-refractivity contribution in [3.05, 3.63) is 0 Å². The largest absolute Gasteiger partial charge is 0.465 e. The van der Waals surface area contributed by atoms with Crippen molar-refractivity contribution in [2.45, 2.75) is 45.5 Å². The van der Waals surface area contributed by atoms with Gasteiger partial charge in [0.25, 0.3) is 0 Å². The number of hydrogen-bond donors (Lipinski definition) is 5. The van der Waals surface area contributed by atoms with Crippen LogP contribution in [0.4, 0.5) is 4.79 Å². The van der Waals surface area contributed by atoms with Crippen LogP contribution < -0.4 is 0 Å². The summed E-state index contributed by atoms with van der Waals surface area (Å²) in [7, 11) is 0. The molecular formula is C20H39NO11. The molecule has 0 aromatic carbocycles. The number of esters is 1. The molecular weight excluding hydrogens is 430 g/mol. The Hall–Kier alpha value is -1.54. The molecule has 0 aromatic rings. The van der Waals surface area contributed by atoms with Crippen molar-refractivity contribution in [3.8, 4) is 0 Å². The molecule has 0 aromatic heterocycles. The Bertz CT molecular complexity index is 508. The van der Waals surface area contributed by atoms with E-state index in [0.29, 0.717) is 0 Å². The van der Waals surface area contributed by atoms with Gasteiger partial charge in [-0.05, 0) is 20.8 Å². The summed E-state index contributed by atoms with van der Waals surface area (Å²) >= 11 is 0. The molecule has 190 valence electrons. The van der Waals surface area contributed by atoms with Gasteiger partial charge in [0.2, 0.25) is 0 Å². The van der Waals surface area contributed by atoms with Gasteiger partial charge in [-0.1, -0.05) is 0 Å². The lowest BCUT2D eigenvalue weighted by molar-refractivity contribution is -0.147. The number of aliphatic hydroxyl groups excluding tert-OH is 5. The van der Waals surface area contributed by atoms with Crippen LogP contribution in [0.25, 0.3) is 0 Å². The van der Waals surface area contributed by atoms with Gasteiger partial charge >= 0.3 is 12.1 Å². The Labute approximate surface area is 188 Å². The summed E-state index contributed by atoms with van der Waals surface area (Å²) in [6.07, 6.45) is -2.05. The van der Waals surface area contributed by atoms with Crippen LogP contribution in [-0.2, 0) is 23.7 Å². The quantitative estimate of drug-likeness (QED) is 0.131. The fraction of sp³-hybridized carbons (Fsp3) is 0.900. The summed E-state index contributed by atoms with van der Waals surface area (Å²) in [5, 5.41) is 45.9. The molecule has 5 N–H and O–H groups in total. The highest BCUT2D eigenvalue weighted by Crippen LogP contribution is 2.12. The predicted octanol–water partition coefficient (Wildman–Crippen LogP) is -0.942. The molecule has 32 heavy (non-hydrogen) atoms. The van der Waals surface area contributed by atoms with Crippen LogP contribution in [0.1, 0.15) is 33.6 Å². The van der Waals surface area contributed by atoms with Gasteiger partial charge in [-0.25, -0.2) is 4.79 Å². The van der Waals surface area contributed by atoms with Gasteiger partial charge in [0, 0.05) is 31.3 Å². The van der Waals surface area contributed by atoms with Crippen molar-refractivity contribution in [1.82, 2.24) is 4.90 Å². The number of hydrogen-bond acceptors (Lipinski definition) is 11. The van der Waals surface area contributed by atoms with E-state index in [1.54, 1.807) is 20.8 Å². The third-order valence-electron chi connectivity index (χ3n) is 4.11. The molecule has 2 unspecified atom stereocenters. The fourth-order valence-corrected chi connectivity index (χ4v) is 2.26. The van der Waals surface area contributed by atoms with E-state index in [1.807, 2.05) is 0 Å². The normalized spacial score (nSPS) is 13.7. The first-order valence-electron chi connectivity index (χ1n) is 10.5. The van der Waals surface area contributed by atoms with Crippen LogP contribution in [0.5, 0.6) is 0 Å². The molecule has 0 bridgehead atoms. The van der Waals surface area contributed by atoms with Crippen molar-refractivity contribution in [2.75, 3.05) is 59.5 Å². The lowest BCUT2D eigenvalue weighted by atomic mass is 10.2. The summed E-state index contributed by atoms with van der Waals surface area (Å²) in [6.45, 7) is 3.56. The van der Waals surface area contributed by atoms with E-state index in [9.17, 15) is 19.8 Å². The maximum absolute atomic E-state index is 12.5. The first kappa shape index (κ1) is 30.5. The van der Waals surface area contributed by atoms with Crippen LogP contribution in [0, 0.1) is 11.8 Å². The van der Waals surface area contributed by atoms with Crippen LogP contribution in [-0.4, -0.2) is 114 Å². The van der Waals surface area contributed by atoms with Gasteiger partial charge in [0.1, 0.15) is 12.4 Å². The Morgan fingerprint density at radius 1 is 0.906 bits per heavy atom. The molecule has 0 aliphatic carbocycles. The Morgan fingerprint density at radius 3 is 2.06 bits per heavy atom. The molecule has 0 fully saturated rings. The highest BCUT2D eigenvalue weighted by atomic mass is 16.6. The topological polar surface area (TPSA) is 175 Å².